The number of nitrogens with two attached hydrogens (primary N) is 1. The number of aliphatic hydroxyl groups is 2. The van der Waals surface area contributed by atoms with E-state index in [2.05, 4.69) is 14.7 Å². The molecule has 2 atom stereocenters. The first-order valence-corrected chi connectivity index (χ1v) is 5.15. The van der Waals surface area contributed by atoms with E-state index in [9.17, 15) is 15.0 Å². The largest absolute Gasteiger partial charge is 0.464 e. The van der Waals surface area contributed by atoms with Gasteiger partial charge >= 0.3 is 5.97 Å². The summed E-state index contributed by atoms with van der Waals surface area (Å²) < 4.78 is 4.55. The van der Waals surface area contributed by atoms with Crippen LogP contribution in [-0.4, -0.2) is 38.9 Å². The molecule has 1 aromatic rings. The van der Waals surface area contributed by atoms with Crippen LogP contribution in [0.15, 0.2) is 6.20 Å². The van der Waals surface area contributed by atoms with Gasteiger partial charge in [-0.25, -0.2) is 14.8 Å². The molecule has 0 aliphatic carbocycles. The number of aromatic nitrogens is 2. The molecule has 0 bridgehead atoms. The van der Waals surface area contributed by atoms with Crippen molar-refractivity contribution in [1.82, 2.24) is 9.97 Å². The molecule has 1 heterocycles. The molecule has 4 N–H and O–H groups in total. The Bertz CT molecular complexity index is 415. The first-order chi connectivity index (χ1) is 7.97. The number of aliphatic hydroxyl groups excluding tert-OH is 2. The first-order valence-electron chi connectivity index (χ1n) is 4.78. The molecule has 0 saturated heterocycles. The van der Waals surface area contributed by atoms with Crippen molar-refractivity contribution in [2.24, 2.45) is 0 Å². The molecular formula is C9H12ClN3O4. The van der Waals surface area contributed by atoms with Crippen LogP contribution in [0.2, 0.25) is 5.15 Å². The van der Waals surface area contributed by atoms with Gasteiger partial charge in [-0.05, 0) is 6.92 Å². The van der Waals surface area contributed by atoms with Gasteiger partial charge in [0.1, 0.15) is 6.10 Å². The predicted molar refractivity (Wildman–Crippen MR) is 59.1 cm³/mol. The molecule has 0 aromatic carbocycles. The maximum atomic E-state index is 11.2. The Kier molecular flexibility index (Phi) is 4.62. The highest BCUT2D eigenvalue weighted by Gasteiger charge is 2.28. The molecular weight excluding hydrogens is 250 g/mol. The summed E-state index contributed by atoms with van der Waals surface area (Å²) in [5.74, 6) is -0.956. The minimum Gasteiger partial charge on any atom is -0.464 e. The summed E-state index contributed by atoms with van der Waals surface area (Å²) in [6.45, 7) is 1.67. The number of rotatable bonds is 4. The van der Waals surface area contributed by atoms with Gasteiger partial charge in [-0.1, -0.05) is 11.6 Å². The lowest BCUT2D eigenvalue weighted by Gasteiger charge is -2.15. The molecule has 1 rings (SSSR count). The van der Waals surface area contributed by atoms with E-state index in [1.54, 1.807) is 6.92 Å². The monoisotopic (exact) mass is 261 g/mol. The van der Waals surface area contributed by atoms with Crippen molar-refractivity contribution in [3.63, 3.8) is 0 Å². The molecule has 0 aliphatic rings. The smallest absolute Gasteiger partial charge is 0.338 e. The van der Waals surface area contributed by atoms with Crippen molar-refractivity contribution in [2.45, 2.75) is 19.1 Å². The van der Waals surface area contributed by atoms with Crippen LogP contribution in [0.4, 0.5) is 5.82 Å². The highest BCUT2D eigenvalue weighted by Crippen LogP contribution is 2.19. The minimum absolute atomic E-state index is 0.00626. The molecule has 0 amide bonds. The lowest BCUT2D eigenvalue weighted by Crippen LogP contribution is -2.30. The average Bonchev–Trinajstić information content (AvgIpc) is 2.31. The van der Waals surface area contributed by atoms with Gasteiger partial charge in [0.05, 0.1) is 18.5 Å². The fourth-order valence-electron chi connectivity index (χ4n) is 1.05. The summed E-state index contributed by atoms with van der Waals surface area (Å²) in [6, 6.07) is 0. The number of esters is 1. The average molecular weight is 262 g/mol. The van der Waals surface area contributed by atoms with Crippen LogP contribution in [0.5, 0.6) is 0 Å². The molecule has 0 saturated carbocycles. The van der Waals surface area contributed by atoms with Gasteiger partial charge in [0, 0.05) is 0 Å². The van der Waals surface area contributed by atoms with Crippen LogP contribution >= 0.6 is 11.6 Å². The lowest BCUT2D eigenvalue weighted by molar-refractivity contribution is -0.159. The zero-order valence-electron chi connectivity index (χ0n) is 9.00. The molecule has 7 nitrogen and oxygen atoms in total. The van der Waals surface area contributed by atoms with Crippen molar-refractivity contribution in [1.29, 1.82) is 0 Å². The van der Waals surface area contributed by atoms with E-state index >= 15 is 0 Å². The van der Waals surface area contributed by atoms with E-state index < -0.39 is 18.2 Å². The Labute approximate surface area is 102 Å². The Morgan fingerprint density at radius 3 is 2.82 bits per heavy atom. The van der Waals surface area contributed by atoms with Crippen molar-refractivity contribution in [3.8, 4) is 0 Å². The Balaban J connectivity index is 2.84. The number of carbonyl (C=O) groups excluding carboxylic acids is 1. The van der Waals surface area contributed by atoms with Crippen molar-refractivity contribution in [2.75, 3.05) is 12.3 Å². The van der Waals surface area contributed by atoms with E-state index in [1.807, 2.05) is 0 Å². The van der Waals surface area contributed by atoms with E-state index in [1.165, 1.54) is 0 Å². The summed E-state index contributed by atoms with van der Waals surface area (Å²) in [5, 5.41) is 19.0. The topological polar surface area (TPSA) is 119 Å². The van der Waals surface area contributed by atoms with Gasteiger partial charge in [-0.2, -0.15) is 0 Å². The maximum absolute atomic E-state index is 11.2. The number of anilines is 1. The van der Waals surface area contributed by atoms with Gasteiger partial charge in [-0.3, -0.25) is 0 Å². The standard InChI is InChI=1S/C9H12ClN3O4/c1-2-17-9(16)6(15)5(14)4-3-12-8(11)7(10)13-4/h3,5-6,14-15H,2H2,1H3,(H2,11,12). The van der Waals surface area contributed by atoms with E-state index in [-0.39, 0.29) is 23.3 Å². The van der Waals surface area contributed by atoms with Crippen LogP contribution in [0.25, 0.3) is 0 Å². The molecule has 17 heavy (non-hydrogen) atoms. The summed E-state index contributed by atoms with van der Waals surface area (Å²) >= 11 is 5.60. The van der Waals surface area contributed by atoms with E-state index in [4.69, 9.17) is 17.3 Å². The van der Waals surface area contributed by atoms with Crippen molar-refractivity contribution < 1.29 is 19.7 Å². The fraction of sp³-hybridized carbons (Fsp3) is 0.444. The van der Waals surface area contributed by atoms with Gasteiger partial charge in [0.2, 0.25) is 0 Å². The lowest BCUT2D eigenvalue weighted by atomic mass is 10.1. The summed E-state index contributed by atoms with van der Waals surface area (Å²) in [7, 11) is 0. The quantitative estimate of drug-likeness (QED) is 0.635. The van der Waals surface area contributed by atoms with E-state index in [0.29, 0.717) is 0 Å². The van der Waals surface area contributed by atoms with Crippen LogP contribution < -0.4 is 5.73 Å². The van der Waals surface area contributed by atoms with Gasteiger partial charge in [0.25, 0.3) is 0 Å². The summed E-state index contributed by atoms with van der Waals surface area (Å²) in [5.41, 5.74) is 5.27. The highest BCUT2D eigenvalue weighted by molar-refractivity contribution is 6.31. The SMILES string of the molecule is CCOC(=O)C(O)C(O)c1cnc(N)c(Cl)n1. The molecule has 2 unspecified atom stereocenters. The Morgan fingerprint density at radius 1 is 1.65 bits per heavy atom. The number of ether oxygens (including phenoxy) is 1. The number of nitrogens with zero attached hydrogens (tertiary/aromatic N) is 2. The van der Waals surface area contributed by atoms with Gasteiger partial charge in [0.15, 0.2) is 17.1 Å². The summed E-state index contributed by atoms with van der Waals surface area (Å²) in [4.78, 5) is 18.5. The maximum Gasteiger partial charge on any atom is 0.338 e. The van der Waals surface area contributed by atoms with Crippen LogP contribution in [0, 0.1) is 0 Å². The number of hydrogen-bond donors (Lipinski definition) is 3. The zero-order valence-corrected chi connectivity index (χ0v) is 9.76. The first kappa shape index (κ1) is 13.6. The van der Waals surface area contributed by atoms with Crippen molar-refractivity contribution in [3.05, 3.63) is 17.0 Å². The minimum atomic E-state index is -1.75. The van der Waals surface area contributed by atoms with Crippen molar-refractivity contribution >= 4 is 23.4 Å². The van der Waals surface area contributed by atoms with Gasteiger partial charge in [-0.15, -0.1) is 0 Å². The molecule has 1 aromatic heterocycles. The molecule has 0 radical (unpaired) electrons. The Hall–Kier alpha value is -1.44. The second-order valence-corrected chi connectivity index (χ2v) is 3.47. The number of halogens is 1. The second kappa shape index (κ2) is 5.76. The van der Waals surface area contributed by atoms with Crippen LogP contribution in [-0.2, 0) is 9.53 Å². The van der Waals surface area contributed by atoms with Crippen LogP contribution in [0.1, 0.15) is 18.7 Å². The predicted octanol–water partition coefficient (Wildman–Crippen LogP) is -0.330. The zero-order chi connectivity index (χ0) is 13.0. The highest BCUT2D eigenvalue weighted by atomic mass is 35.5. The Morgan fingerprint density at radius 2 is 2.29 bits per heavy atom. The number of carbonyl (C=O) groups is 1. The third-order valence-corrected chi connectivity index (χ3v) is 2.18. The molecule has 0 fully saturated rings. The van der Waals surface area contributed by atoms with Crippen LogP contribution in [0.3, 0.4) is 0 Å². The second-order valence-electron chi connectivity index (χ2n) is 3.11. The normalized spacial score (nSPS) is 14.1. The molecule has 94 valence electrons. The third kappa shape index (κ3) is 3.26. The molecule has 0 spiro atoms. The number of nitrogen functional groups attached to an aromatic ring is 1. The molecule has 0 aliphatic heterocycles. The third-order valence-electron chi connectivity index (χ3n) is 1.90. The summed E-state index contributed by atoms with van der Waals surface area (Å²) in [6.07, 6.45) is -2.20. The van der Waals surface area contributed by atoms with Gasteiger partial charge < -0.3 is 20.7 Å². The number of hydrogen-bond acceptors (Lipinski definition) is 7. The molecule has 8 heteroatoms. The fourth-order valence-corrected chi connectivity index (χ4v) is 1.20. The van der Waals surface area contributed by atoms with E-state index in [0.717, 1.165) is 6.20 Å².